The number of carbonyl (C=O) groups excluding carboxylic acids is 1. The van der Waals surface area contributed by atoms with Gasteiger partial charge in [-0.1, -0.05) is 0 Å². The molecule has 1 atom stereocenters. The number of amides is 1. The number of nitrogens with zero attached hydrogens (tertiary/aromatic N) is 2. The maximum Gasteiger partial charge on any atom is 0.231 e. The van der Waals surface area contributed by atoms with Gasteiger partial charge in [0.1, 0.15) is 11.6 Å². The van der Waals surface area contributed by atoms with Crippen LogP contribution < -0.4 is 11.1 Å². The van der Waals surface area contributed by atoms with Crippen molar-refractivity contribution in [3.63, 3.8) is 0 Å². The monoisotopic (exact) mass is 417 g/mol. The molecule has 2 aromatic carbocycles. The van der Waals surface area contributed by atoms with Crippen LogP contribution in [-0.4, -0.2) is 26.4 Å². The fourth-order valence-electron chi connectivity index (χ4n) is 4.14. The summed E-state index contributed by atoms with van der Waals surface area (Å²) in [5.74, 6) is -0.964. The van der Waals surface area contributed by atoms with E-state index in [9.17, 15) is 9.90 Å². The lowest BCUT2D eigenvalue weighted by molar-refractivity contribution is -0.117. The van der Waals surface area contributed by atoms with Crippen molar-refractivity contribution in [2.75, 3.05) is 5.32 Å². The summed E-state index contributed by atoms with van der Waals surface area (Å²) in [4.78, 5) is 17.4. The standard InChI is InChI=1S/C24H27N5O2/c1-14-11-17(8-9-20(14)29-13-27-19-5-3-4-6-21(19)29)28-24(31)15(2)18-12-16(23(25)26)7-10-22(18)30/h7-13,15,30H,3-6H2,1-2H3,(H3,25,26)(H,28,31). The Hall–Kier alpha value is -3.61. The Morgan fingerprint density at radius 3 is 2.74 bits per heavy atom. The number of aryl methyl sites for hydroxylation is 2. The van der Waals surface area contributed by atoms with Crippen molar-refractivity contribution in [2.45, 2.75) is 45.4 Å². The molecule has 0 aliphatic heterocycles. The molecule has 0 radical (unpaired) electrons. The predicted octanol–water partition coefficient (Wildman–Crippen LogP) is 3.79. The fraction of sp³-hybridized carbons (Fsp3) is 0.292. The molecule has 5 N–H and O–H groups in total. The van der Waals surface area contributed by atoms with Gasteiger partial charge in [-0.2, -0.15) is 0 Å². The van der Waals surface area contributed by atoms with Crippen LogP contribution in [0.15, 0.2) is 42.7 Å². The topological polar surface area (TPSA) is 117 Å². The number of aromatic nitrogens is 2. The van der Waals surface area contributed by atoms with Gasteiger partial charge in [0, 0.05) is 28.2 Å². The van der Waals surface area contributed by atoms with Gasteiger partial charge in [0.25, 0.3) is 0 Å². The third kappa shape index (κ3) is 4.03. The van der Waals surface area contributed by atoms with Gasteiger partial charge in [0.15, 0.2) is 0 Å². The molecule has 31 heavy (non-hydrogen) atoms. The molecule has 0 fully saturated rings. The van der Waals surface area contributed by atoms with E-state index < -0.39 is 5.92 Å². The lowest BCUT2D eigenvalue weighted by atomic mass is 9.96. The normalized spacial score (nSPS) is 14.0. The summed E-state index contributed by atoms with van der Waals surface area (Å²) >= 11 is 0. The van der Waals surface area contributed by atoms with Crippen LogP contribution in [0.2, 0.25) is 0 Å². The fourth-order valence-corrected chi connectivity index (χ4v) is 4.14. The zero-order valence-electron chi connectivity index (χ0n) is 17.8. The van der Waals surface area contributed by atoms with Crippen molar-refractivity contribution in [2.24, 2.45) is 5.73 Å². The number of hydrogen-bond donors (Lipinski definition) is 4. The van der Waals surface area contributed by atoms with E-state index in [0.29, 0.717) is 16.8 Å². The smallest absolute Gasteiger partial charge is 0.231 e. The zero-order valence-corrected chi connectivity index (χ0v) is 17.8. The van der Waals surface area contributed by atoms with Crippen molar-refractivity contribution >= 4 is 17.4 Å². The average molecular weight is 418 g/mol. The highest BCUT2D eigenvalue weighted by Crippen LogP contribution is 2.29. The molecule has 1 amide bonds. The maximum absolute atomic E-state index is 12.8. The van der Waals surface area contributed by atoms with Gasteiger partial charge in [-0.15, -0.1) is 0 Å². The van der Waals surface area contributed by atoms with Crippen LogP contribution in [0.25, 0.3) is 5.69 Å². The van der Waals surface area contributed by atoms with Crippen molar-refractivity contribution in [1.82, 2.24) is 9.55 Å². The molecule has 4 rings (SSSR count). The molecule has 7 heteroatoms. The van der Waals surface area contributed by atoms with Crippen LogP contribution in [0.4, 0.5) is 5.69 Å². The maximum atomic E-state index is 12.8. The summed E-state index contributed by atoms with van der Waals surface area (Å²) in [5, 5.41) is 20.7. The minimum Gasteiger partial charge on any atom is -0.508 e. The number of fused-ring (bicyclic) bond motifs is 1. The molecule has 160 valence electrons. The second kappa shape index (κ2) is 8.26. The molecular weight excluding hydrogens is 390 g/mol. The summed E-state index contributed by atoms with van der Waals surface area (Å²) in [6.45, 7) is 3.74. The number of phenols is 1. The van der Waals surface area contributed by atoms with Crippen LogP contribution in [-0.2, 0) is 17.6 Å². The highest BCUT2D eigenvalue weighted by Gasteiger charge is 2.21. The van der Waals surface area contributed by atoms with E-state index in [4.69, 9.17) is 11.1 Å². The van der Waals surface area contributed by atoms with Gasteiger partial charge in [-0.05, 0) is 81.5 Å². The van der Waals surface area contributed by atoms with Gasteiger partial charge >= 0.3 is 0 Å². The Labute approximate surface area is 181 Å². The molecule has 1 heterocycles. The Morgan fingerprint density at radius 1 is 1.23 bits per heavy atom. The first kappa shape index (κ1) is 20.7. The van der Waals surface area contributed by atoms with Gasteiger partial charge < -0.3 is 20.7 Å². The van der Waals surface area contributed by atoms with Crippen LogP contribution in [0.5, 0.6) is 5.75 Å². The highest BCUT2D eigenvalue weighted by molar-refractivity contribution is 5.98. The number of phenolic OH excluding ortho intramolecular Hbond substituents is 1. The molecule has 1 aromatic heterocycles. The second-order valence-corrected chi connectivity index (χ2v) is 8.11. The van der Waals surface area contributed by atoms with Crippen LogP contribution in [0.3, 0.4) is 0 Å². The summed E-state index contributed by atoms with van der Waals surface area (Å²) < 4.78 is 2.16. The summed E-state index contributed by atoms with van der Waals surface area (Å²) in [6.07, 6.45) is 6.33. The van der Waals surface area contributed by atoms with E-state index in [1.165, 1.54) is 30.3 Å². The first-order chi connectivity index (χ1) is 14.8. The lowest BCUT2D eigenvalue weighted by Gasteiger charge is -2.18. The zero-order chi connectivity index (χ0) is 22.1. The minimum atomic E-state index is -0.611. The Bertz CT molecular complexity index is 1160. The number of rotatable bonds is 5. The second-order valence-electron chi connectivity index (χ2n) is 8.11. The number of aromatic hydroxyl groups is 1. The molecule has 7 nitrogen and oxygen atoms in total. The number of nitrogen functional groups attached to an aromatic ring is 1. The lowest BCUT2D eigenvalue weighted by Crippen LogP contribution is -2.20. The molecule has 1 aliphatic rings. The van der Waals surface area contributed by atoms with E-state index in [1.54, 1.807) is 19.1 Å². The van der Waals surface area contributed by atoms with E-state index >= 15 is 0 Å². The minimum absolute atomic E-state index is 0.00376. The van der Waals surface area contributed by atoms with Crippen LogP contribution in [0.1, 0.15) is 53.8 Å². The third-order valence-corrected chi connectivity index (χ3v) is 5.95. The molecule has 0 saturated carbocycles. The van der Waals surface area contributed by atoms with Crippen molar-refractivity contribution < 1.29 is 9.90 Å². The number of anilines is 1. The van der Waals surface area contributed by atoms with Crippen molar-refractivity contribution in [3.8, 4) is 11.4 Å². The number of amidine groups is 1. The Kier molecular flexibility index (Phi) is 5.50. The van der Waals surface area contributed by atoms with Gasteiger partial charge in [-0.25, -0.2) is 4.98 Å². The van der Waals surface area contributed by atoms with Crippen LogP contribution in [0, 0.1) is 12.3 Å². The number of hydrogen-bond acceptors (Lipinski definition) is 4. The first-order valence-corrected chi connectivity index (χ1v) is 10.5. The molecule has 1 aliphatic carbocycles. The van der Waals surface area contributed by atoms with E-state index in [-0.39, 0.29) is 17.5 Å². The molecule has 0 spiro atoms. The Balaban J connectivity index is 1.54. The molecule has 1 unspecified atom stereocenters. The number of imidazole rings is 1. The first-order valence-electron chi connectivity index (χ1n) is 10.5. The number of benzene rings is 2. The van der Waals surface area contributed by atoms with Crippen molar-refractivity contribution in [1.29, 1.82) is 5.41 Å². The largest absolute Gasteiger partial charge is 0.508 e. The quantitative estimate of drug-likeness (QED) is 0.373. The predicted molar refractivity (Wildman–Crippen MR) is 121 cm³/mol. The number of carbonyl (C=O) groups is 1. The summed E-state index contributed by atoms with van der Waals surface area (Å²) in [6, 6.07) is 10.4. The number of nitrogens with one attached hydrogen (secondary N) is 2. The summed E-state index contributed by atoms with van der Waals surface area (Å²) in [5.41, 5.74) is 11.7. The third-order valence-electron chi connectivity index (χ3n) is 5.95. The SMILES string of the molecule is Cc1cc(NC(=O)C(C)c2cc(C(=N)N)ccc2O)ccc1-n1cnc2c1CCCC2. The molecule has 0 bridgehead atoms. The van der Waals surface area contributed by atoms with E-state index in [1.807, 2.05) is 31.5 Å². The molecule has 3 aromatic rings. The van der Waals surface area contributed by atoms with Crippen LogP contribution >= 0.6 is 0 Å². The summed E-state index contributed by atoms with van der Waals surface area (Å²) in [7, 11) is 0. The molecular formula is C24H27N5O2. The van der Waals surface area contributed by atoms with Gasteiger partial charge in [0.2, 0.25) is 5.91 Å². The highest BCUT2D eigenvalue weighted by atomic mass is 16.3. The Morgan fingerprint density at radius 2 is 2.00 bits per heavy atom. The van der Waals surface area contributed by atoms with Gasteiger partial charge in [-0.3, -0.25) is 10.2 Å². The number of nitrogens with two attached hydrogens (primary N) is 1. The van der Waals surface area contributed by atoms with E-state index in [0.717, 1.165) is 24.1 Å². The van der Waals surface area contributed by atoms with Gasteiger partial charge in [0.05, 0.1) is 17.9 Å². The van der Waals surface area contributed by atoms with E-state index in [2.05, 4.69) is 14.9 Å². The average Bonchev–Trinajstić information content (AvgIpc) is 3.17. The molecule has 0 saturated heterocycles. The van der Waals surface area contributed by atoms with Crippen molar-refractivity contribution in [3.05, 3.63) is 70.8 Å².